The molecule has 1 aromatic rings. The molecule has 0 aromatic carbocycles. The second-order valence-corrected chi connectivity index (χ2v) is 9.01. The Bertz CT molecular complexity index is 504. The predicted octanol–water partition coefficient (Wildman–Crippen LogP) is 2.54. The van der Waals surface area contributed by atoms with Crippen LogP contribution in [0.15, 0.2) is 16.8 Å². The first-order chi connectivity index (χ1) is 9.94. The van der Waals surface area contributed by atoms with E-state index in [-0.39, 0.29) is 11.7 Å². The maximum Gasteiger partial charge on any atom is 0.211 e. The molecule has 1 N–H and O–H groups in total. The summed E-state index contributed by atoms with van der Waals surface area (Å²) >= 11 is 1.74. The molecule has 2 rings (SSSR count). The maximum atomic E-state index is 11.8. The summed E-state index contributed by atoms with van der Waals surface area (Å²) in [7, 11) is -3.10. The van der Waals surface area contributed by atoms with Gasteiger partial charge in [0.1, 0.15) is 0 Å². The molecule has 1 aliphatic heterocycles. The summed E-state index contributed by atoms with van der Waals surface area (Å²) in [4.78, 5) is 2.46. The van der Waals surface area contributed by atoms with Crippen molar-refractivity contribution in [1.82, 2.24) is 9.62 Å². The van der Waals surface area contributed by atoms with Gasteiger partial charge >= 0.3 is 0 Å². The van der Waals surface area contributed by atoms with Crippen LogP contribution in [0.25, 0.3) is 0 Å². The normalized spacial score (nSPS) is 18.4. The van der Waals surface area contributed by atoms with Crippen molar-refractivity contribution in [2.24, 2.45) is 11.8 Å². The van der Waals surface area contributed by atoms with Gasteiger partial charge in [-0.25, -0.2) is 13.1 Å². The first kappa shape index (κ1) is 16.9. The Morgan fingerprint density at radius 1 is 1.38 bits per heavy atom. The molecule has 0 saturated carbocycles. The Labute approximate surface area is 132 Å². The SMILES string of the molecule is CC(C)CS(=O)(=O)NCC1CCN(Cc2ccsc2)CC1. The van der Waals surface area contributed by atoms with Crippen LogP contribution in [0.4, 0.5) is 0 Å². The highest BCUT2D eigenvalue weighted by atomic mass is 32.2. The third-order valence-electron chi connectivity index (χ3n) is 3.84. The van der Waals surface area contributed by atoms with Crippen LogP contribution in [-0.2, 0) is 16.6 Å². The number of thiophene rings is 1. The molecule has 0 radical (unpaired) electrons. The Morgan fingerprint density at radius 3 is 2.67 bits per heavy atom. The largest absolute Gasteiger partial charge is 0.299 e. The van der Waals surface area contributed by atoms with Gasteiger partial charge in [-0.15, -0.1) is 0 Å². The van der Waals surface area contributed by atoms with Gasteiger partial charge in [0.05, 0.1) is 5.75 Å². The molecule has 120 valence electrons. The van der Waals surface area contributed by atoms with Crippen LogP contribution >= 0.6 is 11.3 Å². The number of hydrogen-bond donors (Lipinski definition) is 1. The van der Waals surface area contributed by atoms with E-state index in [2.05, 4.69) is 26.4 Å². The molecule has 0 bridgehead atoms. The van der Waals surface area contributed by atoms with Gasteiger partial charge in [0.15, 0.2) is 0 Å². The lowest BCUT2D eigenvalue weighted by molar-refractivity contribution is 0.178. The quantitative estimate of drug-likeness (QED) is 0.836. The lowest BCUT2D eigenvalue weighted by atomic mass is 9.97. The van der Waals surface area contributed by atoms with Crippen LogP contribution in [0.3, 0.4) is 0 Å². The summed E-state index contributed by atoms with van der Waals surface area (Å²) in [5, 5.41) is 4.32. The third kappa shape index (κ3) is 6.06. The molecule has 0 spiro atoms. The molecular weight excluding hydrogens is 304 g/mol. The zero-order valence-corrected chi connectivity index (χ0v) is 14.5. The summed E-state index contributed by atoms with van der Waals surface area (Å²) in [6.07, 6.45) is 2.16. The van der Waals surface area contributed by atoms with Crippen LogP contribution in [-0.4, -0.2) is 38.7 Å². The molecule has 0 unspecified atom stereocenters. The number of likely N-dealkylation sites (tertiary alicyclic amines) is 1. The standard InChI is InChI=1S/C15H26N2O2S2/c1-13(2)12-21(18,19)16-9-14-3-6-17(7-4-14)10-15-5-8-20-11-15/h5,8,11,13-14,16H,3-4,6-7,9-10,12H2,1-2H3. The van der Waals surface area contributed by atoms with Gasteiger partial charge < -0.3 is 0 Å². The molecule has 1 fully saturated rings. The molecule has 0 aliphatic carbocycles. The summed E-state index contributed by atoms with van der Waals surface area (Å²) in [5.41, 5.74) is 1.39. The summed E-state index contributed by atoms with van der Waals surface area (Å²) in [5.74, 6) is 0.880. The smallest absolute Gasteiger partial charge is 0.211 e. The molecule has 6 heteroatoms. The van der Waals surface area contributed by atoms with Gasteiger partial charge in [-0.3, -0.25) is 4.90 Å². The molecule has 0 amide bonds. The first-order valence-electron chi connectivity index (χ1n) is 7.65. The molecule has 4 nitrogen and oxygen atoms in total. The average Bonchev–Trinajstić information content (AvgIpc) is 2.89. The van der Waals surface area contributed by atoms with Gasteiger partial charge in [-0.05, 0) is 60.2 Å². The highest BCUT2D eigenvalue weighted by molar-refractivity contribution is 7.89. The lowest BCUT2D eigenvalue weighted by Gasteiger charge is -2.31. The Kier molecular flexibility index (Phi) is 6.22. The van der Waals surface area contributed by atoms with Crippen LogP contribution in [0.5, 0.6) is 0 Å². The molecule has 2 heterocycles. The fourth-order valence-electron chi connectivity index (χ4n) is 2.73. The second-order valence-electron chi connectivity index (χ2n) is 6.37. The monoisotopic (exact) mass is 330 g/mol. The maximum absolute atomic E-state index is 11.8. The van der Waals surface area contributed by atoms with E-state index in [0.717, 1.165) is 32.5 Å². The zero-order chi connectivity index (χ0) is 15.3. The summed E-state index contributed by atoms with van der Waals surface area (Å²) in [6.45, 7) is 7.61. The minimum absolute atomic E-state index is 0.176. The highest BCUT2D eigenvalue weighted by Gasteiger charge is 2.21. The van der Waals surface area contributed by atoms with Crippen molar-refractivity contribution in [1.29, 1.82) is 0 Å². The van der Waals surface area contributed by atoms with Crippen LogP contribution in [0.1, 0.15) is 32.3 Å². The summed E-state index contributed by atoms with van der Waals surface area (Å²) < 4.78 is 26.5. The summed E-state index contributed by atoms with van der Waals surface area (Å²) in [6, 6.07) is 2.18. The van der Waals surface area contributed by atoms with Gasteiger partial charge in [0.25, 0.3) is 0 Å². The van der Waals surface area contributed by atoms with Crippen molar-refractivity contribution in [3.8, 4) is 0 Å². The van der Waals surface area contributed by atoms with Crippen molar-refractivity contribution in [2.45, 2.75) is 33.2 Å². The van der Waals surface area contributed by atoms with E-state index in [1.54, 1.807) is 11.3 Å². The number of sulfonamides is 1. The van der Waals surface area contributed by atoms with Crippen molar-refractivity contribution in [3.05, 3.63) is 22.4 Å². The number of nitrogens with one attached hydrogen (secondary N) is 1. The second kappa shape index (κ2) is 7.72. The van der Waals surface area contributed by atoms with Crippen molar-refractivity contribution in [2.75, 3.05) is 25.4 Å². The Morgan fingerprint density at radius 2 is 2.10 bits per heavy atom. The Hall–Kier alpha value is -0.430. The van der Waals surface area contributed by atoms with Crippen LogP contribution < -0.4 is 4.72 Å². The predicted molar refractivity (Wildman–Crippen MR) is 88.9 cm³/mol. The molecule has 1 saturated heterocycles. The van der Waals surface area contributed by atoms with Crippen molar-refractivity contribution < 1.29 is 8.42 Å². The molecule has 21 heavy (non-hydrogen) atoms. The number of rotatable bonds is 7. The van der Waals surface area contributed by atoms with E-state index in [1.807, 2.05) is 13.8 Å². The number of piperidine rings is 1. The highest BCUT2D eigenvalue weighted by Crippen LogP contribution is 2.19. The van der Waals surface area contributed by atoms with Gasteiger partial charge in [0.2, 0.25) is 10.0 Å². The van der Waals surface area contributed by atoms with E-state index in [4.69, 9.17) is 0 Å². The average molecular weight is 331 g/mol. The number of nitrogens with zero attached hydrogens (tertiary/aromatic N) is 1. The van der Waals surface area contributed by atoms with Gasteiger partial charge in [-0.2, -0.15) is 11.3 Å². The van der Waals surface area contributed by atoms with E-state index in [0.29, 0.717) is 12.5 Å². The number of hydrogen-bond acceptors (Lipinski definition) is 4. The molecule has 0 atom stereocenters. The van der Waals surface area contributed by atoms with Crippen molar-refractivity contribution >= 4 is 21.4 Å². The van der Waals surface area contributed by atoms with Gasteiger partial charge in [-0.1, -0.05) is 13.8 Å². The van der Waals surface area contributed by atoms with E-state index in [9.17, 15) is 8.42 Å². The fraction of sp³-hybridized carbons (Fsp3) is 0.733. The lowest BCUT2D eigenvalue weighted by Crippen LogP contribution is -2.39. The van der Waals surface area contributed by atoms with Crippen molar-refractivity contribution in [3.63, 3.8) is 0 Å². The fourth-order valence-corrected chi connectivity index (χ4v) is 4.88. The van der Waals surface area contributed by atoms with Crippen LogP contribution in [0.2, 0.25) is 0 Å². The minimum atomic E-state index is -3.10. The van der Waals surface area contributed by atoms with Gasteiger partial charge in [0, 0.05) is 13.1 Å². The molecular formula is C15H26N2O2S2. The van der Waals surface area contributed by atoms with E-state index < -0.39 is 10.0 Å². The molecule has 1 aliphatic rings. The third-order valence-corrected chi connectivity index (χ3v) is 6.28. The van der Waals surface area contributed by atoms with Crippen LogP contribution in [0, 0.1) is 11.8 Å². The minimum Gasteiger partial charge on any atom is -0.299 e. The molecule has 1 aromatic heterocycles. The topological polar surface area (TPSA) is 49.4 Å². The zero-order valence-electron chi connectivity index (χ0n) is 12.9. The first-order valence-corrected chi connectivity index (χ1v) is 10.2. The van der Waals surface area contributed by atoms with E-state index in [1.165, 1.54) is 5.56 Å². The van der Waals surface area contributed by atoms with E-state index >= 15 is 0 Å². The Balaban J connectivity index is 1.69.